The van der Waals surface area contributed by atoms with Gasteiger partial charge in [-0.25, -0.2) is 0 Å². The fourth-order valence-corrected chi connectivity index (χ4v) is 4.84. The monoisotopic (exact) mass is 498 g/mol. The van der Waals surface area contributed by atoms with Gasteiger partial charge in [-0.15, -0.1) is 0 Å². The molecule has 0 nitrogen and oxygen atoms in total. The van der Waals surface area contributed by atoms with Crippen LogP contribution in [0.25, 0.3) is 0 Å². The highest BCUT2D eigenvalue weighted by molar-refractivity contribution is 5.27. The number of rotatable bonds is 13. The lowest BCUT2D eigenvalue weighted by molar-refractivity contribution is 0.824. The second kappa shape index (κ2) is 14.9. The molecule has 0 aliphatic heterocycles. The third-order valence-electron chi connectivity index (χ3n) is 7.42. The second-order valence-electron chi connectivity index (χ2n) is 10.6. The van der Waals surface area contributed by atoms with E-state index < -0.39 is 0 Å². The fraction of sp³-hybridized carbons (Fsp3) is 0.263. The summed E-state index contributed by atoms with van der Waals surface area (Å²) in [7, 11) is 0. The van der Waals surface area contributed by atoms with E-state index in [0.29, 0.717) is 0 Å². The lowest BCUT2D eigenvalue weighted by Gasteiger charge is -2.11. The molecule has 0 saturated carbocycles. The standard InChI is InChI=1S/C38H42/c1-31-13-17-35(18-14-31)25-27-38(28-26-36-19-15-32(2)16-20-36)30-29-37(23-21-33-9-5-3-6-10-33)24-22-34-11-7-4-8-12-34/h3-20,29-30H,21-28H2,1-2H3. The zero-order valence-corrected chi connectivity index (χ0v) is 23.2. The minimum absolute atomic E-state index is 1.09. The molecule has 4 aromatic rings. The van der Waals surface area contributed by atoms with Crippen molar-refractivity contribution in [3.8, 4) is 0 Å². The van der Waals surface area contributed by atoms with Gasteiger partial charge in [0.2, 0.25) is 0 Å². The predicted octanol–water partition coefficient (Wildman–Crippen LogP) is 9.99. The molecule has 4 aromatic carbocycles. The second-order valence-corrected chi connectivity index (χ2v) is 10.6. The molecule has 0 aliphatic rings. The van der Waals surface area contributed by atoms with Crippen LogP contribution in [0, 0.1) is 13.8 Å². The maximum atomic E-state index is 2.45. The smallest absolute Gasteiger partial charge is 0.0241 e. The van der Waals surface area contributed by atoms with Crippen molar-refractivity contribution in [2.45, 2.75) is 65.2 Å². The van der Waals surface area contributed by atoms with Crippen LogP contribution in [0.3, 0.4) is 0 Å². The van der Waals surface area contributed by atoms with Crippen molar-refractivity contribution in [3.05, 3.63) is 166 Å². The Morgan fingerprint density at radius 1 is 0.395 bits per heavy atom. The first-order valence-corrected chi connectivity index (χ1v) is 14.2. The van der Waals surface area contributed by atoms with Gasteiger partial charge in [0.1, 0.15) is 0 Å². The van der Waals surface area contributed by atoms with Crippen molar-refractivity contribution in [2.75, 3.05) is 0 Å². The van der Waals surface area contributed by atoms with E-state index in [4.69, 9.17) is 0 Å². The van der Waals surface area contributed by atoms with Crippen LogP contribution in [0.2, 0.25) is 0 Å². The summed E-state index contributed by atoms with van der Waals surface area (Å²) in [6.45, 7) is 4.32. The number of aryl methyl sites for hydroxylation is 6. The molecule has 0 bridgehead atoms. The Bertz CT molecular complexity index is 1180. The average Bonchev–Trinajstić information content (AvgIpc) is 2.96. The van der Waals surface area contributed by atoms with Crippen molar-refractivity contribution < 1.29 is 0 Å². The van der Waals surface area contributed by atoms with E-state index in [9.17, 15) is 0 Å². The predicted molar refractivity (Wildman–Crippen MR) is 165 cm³/mol. The maximum absolute atomic E-state index is 2.45. The Hall–Kier alpha value is -3.64. The van der Waals surface area contributed by atoms with Crippen LogP contribution in [0.5, 0.6) is 0 Å². The lowest BCUT2D eigenvalue weighted by Crippen LogP contribution is -1.95. The summed E-state index contributed by atoms with van der Waals surface area (Å²) in [5, 5.41) is 0. The highest BCUT2D eigenvalue weighted by Gasteiger charge is 2.04. The van der Waals surface area contributed by atoms with Gasteiger partial charge in [-0.3, -0.25) is 0 Å². The molecule has 0 saturated heterocycles. The number of hydrogen-bond acceptors (Lipinski definition) is 0. The SMILES string of the molecule is Cc1ccc(CCC(=CC=C(CCc2ccccc2)CCc2ccccc2)CCc2ccc(C)cc2)cc1. The zero-order valence-electron chi connectivity index (χ0n) is 23.2. The fourth-order valence-electron chi connectivity index (χ4n) is 4.84. The molecule has 0 aliphatic carbocycles. The third-order valence-corrected chi connectivity index (χ3v) is 7.42. The van der Waals surface area contributed by atoms with Gasteiger partial charge < -0.3 is 0 Å². The summed E-state index contributed by atoms with van der Waals surface area (Å²) in [6, 6.07) is 39.9. The Kier molecular flexibility index (Phi) is 10.8. The normalized spacial score (nSPS) is 10.7. The molecular weight excluding hydrogens is 456 g/mol. The van der Waals surface area contributed by atoms with Crippen molar-refractivity contribution in [2.24, 2.45) is 0 Å². The molecule has 0 atom stereocenters. The van der Waals surface area contributed by atoms with Crippen molar-refractivity contribution in [1.82, 2.24) is 0 Å². The van der Waals surface area contributed by atoms with Crippen LogP contribution in [0.1, 0.15) is 59.1 Å². The largest absolute Gasteiger partial charge is 0.0696 e. The van der Waals surface area contributed by atoms with E-state index in [1.54, 1.807) is 11.1 Å². The van der Waals surface area contributed by atoms with E-state index in [0.717, 1.165) is 51.4 Å². The first kappa shape index (κ1) is 27.4. The lowest BCUT2D eigenvalue weighted by atomic mass is 9.95. The van der Waals surface area contributed by atoms with Gasteiger partial charge in [-0.1, -0.05) is 144 Å². The quantitative estimate of drug-likeness (QED) is 0.161. The van der Waals surface area contributed by atoms with Crippen molar-refractivity contribution in [1.29, 1.82) is 0 Å². The molecule has 0 aromatic heterocycles. The van der Waals surface area contributed by atoms with E-state index in [1.807, 2.05) is 0 Å². The summed E-state index contributed by atoms with van der Waals surface area (Å²) >= 11 is 0. The van der Waals surface area contributed by atoms with Crippen LogP contribution in [0.15, 0.2) is 132 Å². The molecule has 0 spiro atoms. The molecule has 38 heavy (non-hydrogen) atoms. The highest BCUT2D eigenvalue weighted by Crippen LogP contribution is 2.20. The van der Waals surface area contributed by atoms with Gasteiger partial charge in [0, 0.05) is 0 Å². The van der Waals surface area contributed by atoms with Gasteiger partial charge in [-0.2, -0.15) is 0 Å². The topological polar surface area (TPSA) is 0 Å². The van der Waals surface area contributed by atoms with Crippen molar-refractivity contribution in [3.63, 3.8) is 0 Å². The summed E-state index contributed by atoms with van der Waals surface area (Å²) in [5.74, 6) is 0. The van der Waals surface area contributed by atoms with E-state index in [2.05, 4.69) is 135 Å². The molecule has 194 valence electrons. The van der Waals surface area contributed by atoms with Gasteiger partial charge >= 0.3 is 0 Å². The summed E-state index contributed by atoms with van der Waals surface area (Å²) < 4.78 is 0. The minimum atomic E-state index is 1.09. The molecule has 0 heteroatoms. The third kappa shape index (κ3) is 9.67. The van der Waals surface area contributed by atoms with E-state index in [1.165, 1.54) is 33.4 Å². The van der Waals surface area contributed by atoms with Crippen LogP contribution in [-0.4, -0.2) is 0 Å². The highest BCUT2D eigenvalue weighted by atomic mass is 14.1. The summed E-state index contributed by atoms with van der Waals surface area (Å²) in [6.07, 6.45) is 13.7. The average molecular weight is 499 g/mol. The maximum Gasteiger partial charge on any atom is -0.0241 e. The van der Waals surface area contributed by atoms with Crippen LogP contribution < -0.4 is 0 Å². The Morgan fingerprint density at radius 2 is 0.684 bits per heavy atom. The molecule has 0 heterocycles. The van der Waals surface area contributed by atoms with E-state index in [-0.39, 0.29) is 0 Å². The van der Waals surface area contributed by atoms with Gasteiger partial charge in [-0.05, 0) is 87.5 Å². The van der Waals surface area contributed by atoms with Crippen LogP contribution >= 0.6 is 0 Å². The molecular formula is C38H42. The minimum Gasteiger partial charge on any atom is -0.0696 e. The number of allylic oxidation sites excluding steroid dienone is 4. The number of benzene rings is 4. The van der Waals surface area contributed by atoms with Gasteiger partial charge in [0.15, 0.2) is 0 Å². The van der Waals surface area contributed by atoms with Gasteiger partial charge in [0.05, 0.1) is 0 Å². The zero-order chi connectivity index (χ0) is 26.4. The molecule has 0 unspecified atom stereocenters. The van der Waals surface area contributed by atoms with E-state index >= 15 is 0 Å². The Morgan fingerprint density at radius 3 is 1.00 bits per heavy atom. The van der Waals surface area contributed by atoms with Crippen LogP contribution in [-0.2, 0) is 25.7 Å². The Labute approximate surface area is 230 Å². The molecule has 0 amide bonds. The summed E-state index contributed by atoms with van der Waals surface area (Å²) in [4.78, 5) is 0. The van der Waals surface area contributed by atoms with Crippen LogP contribution in [0.4, 0.5) is 0 Å². The van der Waals surface area contributed by atoms with Crippen molar-refractivity contribution >= 4 is 0 Å². The number of hydrogen-bond donors (Lipinski definition) is 0. The summed E-state index contributed by atoms with van der Waals surface area (Å²) in [5.41, 5.74) is 11.4. The molecule has 0 N–H and O–H groups in total. The first-order valence-electron chi connectivity index (χ1n) is 14.2. The Balaban J connectivity index is 1.50. The molecule has 4 rings (SSSR count). The molecule has 0 radical (unpaired) electrons. The van der Waals surface area contributed by atoms with Gasteiger partial charge in [0.25, 0.3) is 0 Å². The molecule has 0 fully saturated rings. The first-order chi connectivity index (χ1) is 18.6.